The number of nitrogen functional groups attached to an aromatic ring is 1. The van der Waals surface area contributed by atoms with Crippen molar-refractivity contribution in [2.24, 2.45) is 0 Å². The lowest BCUT2D eigenvalue weighted by atomic mass is 10.2. The molecule has 0 spiro atoms. The van der Waals surface area contributed by atoms with E-state index < -0.39 is 0 Å². The lowest BCUT2D eigenvalue weighted by Gasteiger charge is -2.07. The van der Waals surface area contributed by atoms with E-state index in [1.165, 1.54) is 0 Å². The van der Waals surface area contributed by atoms with Crippen LogP contribution in [0.15, 0.2) is 12.3 Å². The van der Waals surface area contributed by atoms with E-state index in [-0.39, 0.29) is 0 Å². The Balaban J connectivity index is 2.81. The molecule has 0 aliphatic carbocycles. The summed E-state index contributed by atoms with van der Waals surface area (Å²) in [5, 5.41) is 3.01. The van der Waals surface area contributed by atoms with Crippen LogP contribution in [-0.2, 0) is 11.2 Å². The first-order valence-electron chi connectivity index (χ1n) is 4.19. The van der Waals surface area contributed by atoms with Crippen molar-refractivity contribution in [3.8, 4) is 0 Å². The van der Waals surface area contributed by atoms with Gasteiger partial charge in [0.2, 0.25) is 0 Å². The maximum Gasteiger partial charge on any atom is 0.129 e. The van der Waals surface area contributed by atoms with Crippen LogP contribution in [0.1, 0.15) is 5.56 Å². The number of pyridine rings is 1. The Kier molecular flexibility index (Phi) is 3.52. The van der Waals surface area contributed by atoms with Crippen LogP contribution in [0.3, 0.4) is 0 Å². The SMILES string of the molecule is CNc1ncc(N)cc1CCOC. The molecule has 4 nitrogen and oxygen atoms in total. The summed E-state index contributed by atoms with van der Waals surface area (Å²) in [6.45, 7) is 0.680. The Labute approximate surface area is 78.1 Å². The Morgan fingerprint density at radius 3 is 3.00 bits per heavy atom. The molecule has 0 saturated carbocycles. The van der Waals surface area contributed by atoms with Crippen LogP contribution in [0.5, 0.6) is 0 Å². The highest BCUT2D eigenvalue weighted by molar-refractivity contribution is 5.51. The van der Waals surface area contributed by atoms with Crippen molar-refractivity contribution < 1.29 is 4.74 Å². The number of aromatic nitrogens is 1. The zero-order valence-corrected chi connectivity index (χ0v) is 8.00. The smallest absolute Gasteiger partial charge is 0.129 e. The summed E-state index contributed by atoms with van der Waals surface area (Å²) >= 11 is 0. The third-order valence-electron chi connectivity index (χ3n) is 1.80. The van der Waals surface area contributed by atoms with Gasteiger partial charge in [-0.2, -0.15) is 0 Å². The number of nitrogens with one attached hydrogen (secondary N) is 1. The minimum Gasteiger partial charge on any atom is -0.397 e. The van der Waals surface area contributed by atoms with Gasteiger partial charge in [0.1, 0.15) is 5.82 Å². The van der Waals surface area contributed by atoms with Crippen molar-refractivity contribution in [1.29, 1.82) is 0 Å². The van der Waals surface area contributed by atoms with E-state index in [1.54, 1.807) is 13.3 Å². The number of nitrogens with two attached hydrogens (primary N) is 1. The molecule has 0 bridgehead atoms. The topological polar surface area (TPSA) is 60.2 Å². The van der Waals surface area contributed by atoms with Crippen molar-refractivity contribution in [2.45, 2.75) is 6.42 Å². The molecule has 1 rings (SSSR count). The number of hydrogen-bond donors (Lipinski definition) is 2. The largest absolute Gasteiger partial charge is 0.397 e. The fraction of sp³-hybridized carbons (Fsp3) is 0.444. The molecule has 0 atom stereocenters. The van der Waals surface area contributed by atoms with Crippen molar-refractivity contribution in [3.05, 3.63) is 17.8 Å². The molecule has 1 aromatic rings. The second-order valence-corrected chi connectivity index (χ2v) is 2.77. The second kappa shape index (κ2) is 4.67. The van der Waals surface area contributed by atoms with Gasteiger partial charge in [-0.1, -0.05) is 0 Å². The molecule has 0 radical (unpaired) electrons. The monoisotopic (exact) mass is 181 g/mol. The quantitative estimate of drug-likeness (QED) is 0.724. The molecule has 0 aliphatic rings. The summed E-state index contributed by atoms with van der Waals surface area (Å²) in [6, 6.07) is 1.91. The van der Waals surface area contributed by atoms with Crippen LogP contribution < -0.4 is 11.1 Å². The molecular formula is C9H15N3O. The van der Waals surface area contributed by atoms with E-state index in [0.717, 1.165) is 17.8 Å². The third kappa shape index (κ3) is 2.59. The lowest BCUT2D eigenvalue weighted by molar-refractivity contribution is 0.202. The van der Waals surface area contributed by atoms with E-state index in [0.29, 0.717) is 12.3 Å². The number of rotatable bonds is 4. The molecule has 0 amide bonds. The van der Waals surface area contributed by atoms with E-state index in [9.17, 15) is 0 Å². The van der Waals surface area contributed by atoms with Gasteiger partial charge in [-0.05, 0) is 18.1 Å². The minimum atomic E-state index is 0.680. The van der Waals surface area contributed by atoms with Gasteiger partial charge in [-0.25, -0.2) is 4.98 Å². The summed E-state index contributed by atoms with van der Waals surface area (Å²) < 4.78 is 4.99. The van der Waals surface area contributed by atoms with Gasteiger partial charge in [0, 0.05) is 14.2 Å². The van der Waals surface area contributed by atoms with Crippen LogP contribution in [0.2, 0.25) is 0 Å². The van der Waals surface area contributed by atoms with E-state index in [2.05, 4.69) is 10.3 Å². The normalized spacial score (nSPS) is 10.0. The fourth-order valence-electron chi connectivity index (χ4n) is 1.16. The highest BCUT2D eigenvalue weighted by atomic mass is 16.5. The molecule has 3 N–H and O–H groups in total. The van der Waals surface area contributed by atoms with Crippen LogP contribution in [0.4, 0.5) is 11.5 Å². The van der Waals surface area contributed by atoms with Crippen LogP contribution in [0.25, 0.3) is 0 Å². The number of anilines is 2. The molecule has 0 saturated heterocycles. The second-order valence-electron chi connectivity index (χ2n) is 2.77. The van der Waals surface area contributed by atoms with Crippen LogP contribution >= 0.6 is 0 Å². The summed E-state index contributed by atoms with van der Waals surface area (Å²) in [5.41, 5.74) is 7.40. The van der Waals surface area contributed by atoms with Gasteiger partial charge in [0.05, 0.1) is 18.5 Å². The maximum absolute atomic E-state index is 5.62. The van der Waals surface area contributed by atoms with Gasteiger partial charge in [-0.3, -0.25) is 0 Å². The first kappa shape index (κ1) is 9.80. The number of methoxy groups -OCH3 is 1. The predicted molar refractivity (Wildman–Crippen MR) is 53.8 cm³/mol. The first-order valence-corrected chi connectivity index (χ1v) is 4.19. The highest BCUT2D eigenvalue weighted by Crippen LogP contribution is 2.15. The van der Waals surface area contributed by atoms with Gasteiger partial charge in [0.25, 0.3) is 0 Å². The van der Waals surface area contributed by atoms with Crippen molar-refractivity contribution in [2.75, 3.05) is 31.8 Å². The van der Waals surface area contributed by atoms with Crippen molar-refractivity contribution >= 4 is 11.5 Å². The number of nitrogens with zero attached hydrogens (tertiary/aromatic N) is 1. The lowest BCUT2D eigenvalue weighted by Crippen LogP contribution is -2.03. The van der Waals surface area contributed by atoms with Crippen LogP contribution in [-0.4, -0.2) is 25.7 Å². The molecule has 72 valence electrons. The van der Waals surface area contributed by atoms with Crippen molar-refractivity contribution in [3.63, 3.8) is 0 Å². The molecule has 0 aromatic carbocycles. The molecular weight excluding hydrogens is 166 g/mol. The standard InChI is InChI=1S/C9H15N3O/c1-11-9-7(3-4-13-2)5-8(10)6-12-9/h5-6H,3-4,10H2,1-2H3,(H,11,12). The molecule has 4 heteroatoms. The molecule has 1 aromatic heterocycles. The van der Waals surface area contributed by atoms with Crippen molar-refractivity contribution in [1.82, 2.24) is 4.98 Å². The summed E-state index contributed by atoms with van der Waals surface area (Å²) in [5.74, 6) is 0.867. The molecule has 1 heterocycles. The zero-order valence-electron chi connectivity index (χ0n) is 8.00. The van der Waals surface area contributed by atoms with Gasteiger partial charge < -0.3 is 15.8 Å². The molecule has 13 heavy (non-hydrogen) atoms. The van der Waals surface area contributed by atoms with Crippen LogP contribution in [0, 0.1) is 0 Å². The maximum atomic E-state index is 5.62. The first-order chi connectivity index (χ1) is 6.27. The minimum absolute atomic E-state index is 0.680. The average molecular weight is 181 g/mol. The molecule has 0 fully saturated rings. The summed E-state index contributed by atoms with van der Waals surface area (Å²) in [7, 11) is 3.52. The van der Waals surface area contributed by atoms with Gasteiger partial charge >= 0.3 is 0 Å². The van der Waals surface area contributed by atoms with Gasteiger partial charge in [-0.15, -0.1) is 0 Å². The Morgan fingerprint density at radius 2 is 2.38 bits per heavy atom. The predicted octanol–water partition coefficient (Wildman–Crippen LogP) is 0.894. The summed E-state index contributed by atoms with van der Waals surface area (Å²) in [6.07, 6.45) is 2.47. The fourth-order valence-corrected chi connectivity index (χ4v) is 1.16. The average Bonchev–Trinajstić information content (AvgIpc) is 2.15. The zero-order chi connectivity index (χ0) is 9.68. The molecule has 0 aliphatic heterocycles. The molecule has 0 unspecified atom stereocenters. The number of hydrogen-bond acceptors (Lipinski definition) is 4. The van der Waals surface area contributed by atoms with E-state index >= 15 is 0 Å². The van der Waals surface area contributed by atoms with E-state index in [4.69, 9.17) is 10.5 Å². The van der Waals surface area contributed by atoms with Gasteiger partial charge in [0.15, 0.2) is 0 Å². The summed E-state index contributed by atoms with van der Waals surface area (Å²) in [4.78, 5) is 4.16. The Bertz CT molecular complexity index is 276. The van der Waals surface area contributed by atoms with E-state index in [1.807, 2.05) is 13.1 Å². The highest BCUT2D eigenvalue weighted by Gasteiger charge is 2.02. The third-order valence-corrected chi connectivity index (χ3v) is 1.80. The Hall–Kier alpha value is -1.29. The Morgan fingerprint density at radius 1 is 1.62 bits per heavy atom. The number of ether oxygens (including phenoxy) is 1.